The van der Waals surface area contributed by atoms with Crippen molar-refractivity contribution in [2.75, 3.05) is 5.32 Å². The van der Waals surface area contributed by atoms with Crippen LogP contribution < -0.4 is 10.6 Å². The highest BCUT2D eigenvalue weighted by molar-refractivity contribution is 7.14. The molecule has 134 valence electrons. The Morgan fingerprint density at radius 1 is 1.23 bits per heavy atom. The summed E-state index contributed by atoms with van der Waals surface area (Å²) in [6.45, 7) is 1.82. The molecule has 2 N–H and O–H groups in total. The molecule has 3 aromatic rings. The van der Waals surface area contributed by atoms with Crippen LogP contribution >= 0.6 is 11.3 Å². The molecule has 0 unspecified atom stereocenters. The van der Waals surface area contributed by atoms with Crippen molar-refractivity contribution in [2.24, 2.45) is 0 Å². The fraction of sp³-hybridized carbons (Fsp3) is 0.188. The smallest absolute Gasteiger partial charge is 0.257 e. The van der Waals surface area contributed by atoms with Crippen LogP contribution in [0.1, 0.15) is 27.8 Å². The van der Waals surface area contributed by atoms with Crippen molar-refractivity contribution in [1.29, 1.82) is 0 Å². The van der Waals surface area contributed by atoms with Gasteiger partial charge in [0.1, 0.15) is 5.82 Å². The van der Waals surface area contributed by atoms with Gasteiger partial charge >= 0.3 is 0 Å². The average molecular weight is 375 g/mol. The van der Waals surface area contributed by atoms with E-state index in [0.717, 1.165) is 0 Å². The number of nitrogens with zero attached hydrogens (tertiary/aromatic N) is 3. The molecule has 0 atom stereocenters. The van der Waals surface area contributed by atoms with Gasteiger partial charge in [-0.05, 0) is 31.2 Å². The summed E-state index contributed by atoms with van der Waals surface area (Å²) in [7, 11) is 0. The van der Waals surface area contributed by atoms with Crippen LogP contribution in [0.25, 0.3) is 0 Å². The topological polar surface area (TPSA) is 110 Å². The Kier molecular flexibility index (Phi) is 5.32. The Balaban J connectivity index is 1.51. The Hall–Kier alpha value is -3.14. The number of hydrogen-bond acceptors (Lipinski definition) is 7. The van der Waals surface area contributed by atoms with Crippen LogP contribution in [0.4, 0.5) is 9.52 Å². The third-order valence-electron chi connectivity index (χ3n) is 3.23. The molecule has 0 bridgehead atoms. The first-order valence-corrected chi connectivity index (χ1v) is 8.45. The second-order valence-corrected chi connectivity index (χ2v) is 6.15. The van der Waals surface area contributed by atoms with E-state index in [2.05, 4.69) is 25.8 Å². The van der Waals surface area contributed by atoms with Crippen LogP contribution in [0.3, 0.4) is 0 Å². The number of rotatable bonds is 6. The Morgan fingerprint density at radius 2 is 2.00 bits per heavy atom. The normalized spacial score (nSPS) is 10.5. The van der Waals surface area contributed by atoms with Gasteiger partial charge in [-0.2, -0.15) is 4.98 Å². The van der Waals surface area contributed by atoms with Gasteiger partial charge < -0.3 is 9.84 Å². The van der Waals surface area contributed by atoms with Crippen LogP contribution in [-0.4, -0.2) is 26.9 Å². The molecule has 2 heterocycles. The van der Waals surface area contributed by atoms with Gasteiger partial charge in [0.15, 0.2) is 11.0 Å². The molecular formula is C16H14FN5O3S. The maximum Gasteiger partial charge on any atom is 0.257 e. The monoisotopic (exact) mass is 375 g/mol. The molecule has 0 aliphatic carbocycles. The van der Waals surface area contributed by atoms with Gasteiger partial charge in [-0.15, -0.1) is 11.3 Å². The Morgan fingerprint density at radius 3 is 2.69 bits per heavy atom. The summed E-state index contributed by atoms with van der Waals surface area (Å²) in [5.41, 5.74) is 0.833. The number of anilines is 1. The maximum absolute atomic E-state index is 12.9. The number of hydrogen-bond donors (Lipinski definition) is 2. The number of benzene rings is 1. The molecule has 2 aromatic heterocycles. The van der Waals surface area contributed by atoms with Gasteiger partial charge in [0, 0.05) is 10.9 Å². The molecule has 10 heteroatoms. The minimum atomic E-state index is -0.417. The van der Waals surface area contributed by atoms with E-state index in [-0.39, 0.29) is 18.9 Å². The number of carbonyl (C=O) groups excluding carboxylic acids is 2. The Bertz CT molecular complexity index is 922. The molecule has 26 heavy (non-hydrogen) atoms. The van der Waals surface area contributed by atoms with Crippen molar-refractivity contribution < 1.29 is 18.5 Å². The standard InChI is InChI=1S/C16H14FN5O3S/c1-9-19-14(25-22-9)7-18-13(23)6-12-8-26-16(20-12)21-15(24)10-2-4-11(17)5-3-10/h2-5,8H,6-7H2,1H3,(H,18,23)(H,20,21,24). The summed E-state index contributed by atoms with van der Waals surface area (Å²) in [5.74, 6) is -0.263. The van der Waals surface area contributed by atoms with Gasteiger partial charge in [0.05, 0.1) is 18.7 Å². The zero-order valence-corrected chi connectivity index (χ0v) is 14.5. The molecule has 0 aliphatic rings. The molecule has 2 amide bonds. The van der Waals surface area contributed by atoms with E-state index in [4.69, 9.17) is 4.52 Å². The van der Waals surface area contributed by atoms with Gasteiger partial charge in [-0.25, -0.2) is 9.37 Å². The molecule has 8 nitrogen and oxygen atoms in total. The van der Waals surface area contributed by atoms with Crippen molar-refractivity contribution in [1.82, 2.24) is 20.4 Å². The summed E-state index contributed by atoms with van der Waals surface area (Å²) >= 11 is 1.20. The van der Waals surface area contributed by atoms with Crippen molar-refractivity contribution in [2.45, 2.75) is 19.9 Å². The number of aromatic nitrogens is 3. The first-order chi connectivity index (χ1) is 12.5. The minimum Gasteiger partial charge on any atom is -0.347 e. The fourth-order valence-electron chi connectivity index (χ4n) is 2.03. The number of amides is 2. The van der Waals surface area contributed by atoms with Gasteiger partial charge in [-0.3, -0.25) is 14.9 Å². The van der Waals surface area contributed by atoms with Gasteiger partial charge in [-0.1, -0.05) is 5.16 Å². The second kappa shape index (κ2) is 7.83. The predicted molar refractivity (Wildman–Crippen MR) is 91.1 cm³/mol. The molecule has 0 saturated carbocycles. The summed E-state index contributed by atoms with van der Waals surface area (Å²) in [6.07, 6.45) is 0.0516. The van der Waals surface area contributed by atoms with Crippen LogP contribution in [0.15, 0.2) is 34.2 Å². The van der Waals surface area contributed by atoms with E-state index < -0.39 is 11.7 Å². The van der Waals surface area contributed by atoms with Crippen molar-refractivity contribution in [3.8, 4) is 0 Å². The van der Waals surface area contributed by atoms with E-state index in [1.165, 1.54) is 35.6 Å². The highest BCUT2D eigenvalue weighted by Crippen LogP contribution is 2.17. The predicted octanol–water partition coefficient (Wildman–Crippen LogP) is 2.08. The van der Waals surface area contributed by atoms with Crippen molar-refractivity contribution in [3.05, 3.63) is 58.4 Å². The van der Waals surface area contributed by atoms with E-state index in [1.54, 1.807) is 12.3 Å². The average Bonchev–Trinajstić information content (AvgIpc) is 3.22. The van der Waals surface area contributed by atoms with Crippen LogP contribution in [-0.2, 0) is 17.8 Å². The van der Waals surface area contributed by atoms with E-state index in [9.17, 15) is 14.0 Å². The first kappa shape index (κ1) is 17.7. The lowest BCUT2D eigenvalue weighted by molar-refractivity contribution is -0.120. The lowest BCUT2D eigenvalue weighted by Crippen LogP contribution is -2.24. The van der Waals surface area contributed by atoms with Crippen molar-refractivity contribution in [3.63, 3.8) is 0 Å². The molecule has 0 fully saturated rings. The number of nitrogens with one attached hydrogen (secondary N) is 2. The highest BCUT2D eigenvalue weighted by atomic mass is 32.1. The molecule has 0 saturated heterocycles. The van der Waals surface area contributed by atoms with Crippen molar-refractivity contribution >= 4 is 28.3 Å². The SMILES string of the molecule is Cc1noc(CNC(=O)Cc2csc(NC(=O)c3ccc(F)cc3)n2)n1. The van der Waals surface area contributed by atoms with E-state index in [0.29, 0.717) is 28.1 Å². The van der Waals surface area contributed by atoms with Gasteiger partial charge in [0.25, 0.3) is 5.91 Å². The largest absolute Gasteiger partial charge is 0.347 e. The zero-order valence-electron chi connectivity index (χ0n) is 13.7. The van der Waals surface area contributed by atoms with E-state index >= 15 is 0 Å². The lowest BCUT2D eigenvalue weighted by atomic mass is 10.2. The first-order valence-electron chi connectivity index (χ1n) is 7.57. The maximum atomic E-state index is 12.9. The molecule has 0 radical (unpaired) electrons. The fourth-order valence-corrected chi connectivity index (χ4v) is 2.73. The Labute approximate surface area is 151 Å². The second-order valence-electron chi connectivity index (χ2n) is 5.29. The van der Waals surface area contributed by atoms with Crippen LogP contribution in [0.2, 0.25) is 0 Å². The minimum absolute atomic E-state index is 0.0516. The van der Waals surface area contributed by atoms with E-state index in [1.807, 2.05) is 0 Å². The van der Waals surface area contributed by atoms with Crippen LogP contribution in [0.5, 0.6) is 0 Å². The zero-order chi connectivity index (χ0) is 18.5. The number of halogens is 1. The number of thiazole rings is 1. The van der Waals surface area contributed by atoms with Crippen LogP contribution in [0, 0.1) is 12.7 Å². The number of carbonyl (C=O) groups is 2. The third kappa shape index (κ3) is 4.70. The molecule has 0 spiro atoms. The molecule has 0 aliphatic heterocycles. The third-order valence-corrected chi connectivity index (χ3v) is 4.03. The molecule has 1 aromatic carbocycles. The molecule has 3 rings (SSSR count). The summed E-state index contributed by atoms with van der Waals surface area (Å²) < 4.78 is 17.8. The van der Waals surface area contributed by atoms with Gasteiger partial charge in [0.2, 0.25) is 11.8 Å². The summed E-state index contributed by atoms with van der Waals surface area (Å²) in [4.78, 5) is 32.1. The highest BCUT2D eigenvalue weighted by Gasteiger charge is 2.12. The summed E-state index contributed by atoms with van der Waals surface area (Å²) in [5, 5.41) is 10.9. The quantitative estimate of drug-likeness (QED) is 0.683. The lowest BCUT2D eigenvalue weighted by Gasteiger charge is -2.01. The summed E-state index contributed by atoms with van der Waals surface area (Å²) in [6, 6.07) is 5.17. The molecular weight excluding hydrogens is 361 g/mol. The number of aryl methyl sites for hydroxylation is 1.